The van der Waals surface area contributed by atoms with Crippen molar-refractivity contribution >= 4 is 17.5 Å². The molecule has 0 bridgehead atoms. The minimum absolute atomic E-state index is 0.0235. The zero-order valence-electron chi connectivity index (χ0n) is 22.1. The van der Waals surface area contributed by atoms with E-state index in [4.69, 9.17) is 5.73 Å². The number of carbonyl (C=O) groups is 2. The average Bonchev–Trinajstić information content (AvgIpc) is 2.82. The number of fused-ring (bicyclic) bond motifs is 3. The Morgan fingerprint density at radius 3 is 2.31 bits per heavy atom. The smallest absolute Gasteiger partial charge is 0.253 e. The Morgan fingerprint density at radius 1 is 1.05 bits per heavy atom. The van der Waals surface area contributed by atoms with Gasteiger partial charge in [-0.3, -0.25) is 14.5 Å². The summed E-state index contributed by atoms with van der Waals surface area (Å²) in [6.45, 7) is 0. The summed E-state index contributed by atoms with van der Waals surface area (Å²) < 4.78 is 0. The fraction of sp³-hybridized carbons (Fsp3) is 0.393. The summed E-state index contributed by atoms with van der Waals surface area (Å²) in [5.74, 6) is -8.41. The molecule has 4 atom stereocenters. The highest BCUT2D eigenvalue weighted by atomic mass is 16.5. The number of primary amides is 1. The van der Waals surface area contributed by atoms with Gasteiger partial charge in [0.25, 0.3) is 5.91 Å². The van der Waals surface area contributed by atoms with Gasteiger partial charge in [-0.05, 0) is 68.1 Å². The second kappa shape index (κ2) is 9.08. The number of Topliss-reactive ketones (excluding diaryl/α,β-unsaturated/α-hetero) is 1. The predicted octanol–water partition coefficient (Wildman–Crippen LogP) is 1.25. The summed E-state index contributed by atoms with van der Waals surface area (Å²) in [6, 6.07) is 5.97. The predicted molar refractivity (Wildman–Crippen MR) is 142 cm³/mol. The van der Waals surface area contributed by atoms with Gasteiger partial charge in [0, 0.05) is 31.4 Å². The number of hydrogen-bond acceptors (Lipinski definition) is 10. The number of ketones is 1. The quantitative estimate of drug-likeness (QED) is 0.311. The van der Waals surface area contributed by atoms with E-state index in [1.807, 2.05) is 31.1 Å². The maximum Gasteiger partial charge on any atom is 0.253 e. The van der Waals surface area contributed by atoms with Crippen molar-refractivity contribution in [3.8, 4) is 16.9 Å². The van der Waals surface area contributed by atoms with E-state index in [1.54, 1.807) is 31.3 Å². The van der Waals surface area contributed by atoms with E-state index in [9.17, 15) is 35.1 Å². The molecule has 0 spiro atoms. The van der Waals surface area contributed by atoms with Crippen LogP contribution in [-0.4, -0.2) is 87.1 Å². The van der Waals surface area contributed by atoms with E-state index in [-0.39, 0.29) is 29.7 Å². The van der Waals surface area contributed by atoms with Gasteiger partial charge in [0.1, 0.15) is 28.7 Å². The third-order valence-corrected chi connectivity index (χ3v) is 8.24. The number of rotatable bonds is 4. The van der Waals surface area contributed by atoms with Crippen molar-refractivity contribution in [3.63, 3.8) is 0 Å². The molecule has 3 aliphatic carbocycles. The van der Waals surface area contributed by atoms with Gasteiger partial charge in [0.05, 0.1) is 17.5 Å². The summed E-state index contributed by atoms with van der Waals surface area (Å²) in [4.78, 5) is 34.0. The molecule has 206 valence electrons. The fourth-order valence-electron chi connectivity index (χ4n) is 6.64. The largest absolute Gasteiger partial charge is 0.511 e. The Balaban J connectivity index is 1.67. The number of aromatic nitrogens is 1. The molecule has 0 saturated carbocycles. The van der Waals surface area contributed by atoms with Gasteiger partial charge in [-0.25, -0.2) is 4.98 Å². The second-order valence-electron chi connectivity index (χ2n) is 11.0. The maximum absolute atomic E-state index is 13.9. The standard InChI is InChI=1S/C28H32N4O7/c1-31(2)18-8-5-12(11-30-18)14-6-7-17(33)20-15(14)9-13-10-16-21(25(35)19(13)24(20)34)28(38,39)22(27(29)37)26(36)23(16)32(3)4/h5-8,11,13,16,21,23,33,35-36,38-39H,9-10H2,1-4H3,(H2,29,37)/t13?,16?,21?,23-/m0/s1. The zero-order valence-corrected chi connectivity index (χ0v) is 22.1. The second-order valence-corrected chi connectivity index (χ2v) is 11.0. The number of pyridine rings is 1. The van der Waals surface area contributed by atoms with Crippen LogP contribution in [0.1, 0.15) is 22.3 Å². The minimum Gasteiger partial charge on any atom is -0.511 e. The summed E-state index contributed by atoms with van der Waals surface area (Å²) in [5.41, 5.74) is 6.60. The lowest BCUT2D eigenvalue weighted by molar-refractivity contribution is -0.200. The molecular weight excluding hydrogens is 504 g/mol. The molecule has 1 aromatic carbocycles. The number of allylic oxidation sites excluding steroid dienone is 1. The number of nitrogens with zero attached hydrogens (tertiary/aromatic N) is 3. The van der Waals surface area contributed by atoms with Gasteiger partial charge in [-0.15, -0.1) is 0 Å². The monoisotopic (exact) mass is 536 g/mol. The van der Waals surface area contributed by atoms with E-state index >= 15 is 0 Å². The number of carbonyl (C=O) groups excluding carboxylic acids is 2. The Hall–Kier alpha value is -3.93. The van der Waals surface area contributed by atoms with Crippen molar-refractivity contribution in [1.82, 2.24) is 9.88 Å². The van der Waals surface area contributed by atoms with Gasteiger partial charge in [-0.2, -0.15) is 0 Å². The van der Waals surface area contributed by atoms with Gasteiger partial charge >= 0.3 is 0 Å². The van der Waals surface area contributed by atoms with E-state index in [0.717, 1.165) is 11.4 Å². The van der Waals surface area contributed by atoms with Crippen LogP contribution >= 0.6 is 0 Å². The lowest BCUT2D eigenvalue weighted by Gasteiger charge is -2.51. The maximum atomic E-state index is 13.9. The third-order valence-electron chi connectivity index (χ3n) is 8.24. The zero-order chi connectivity index (χ0) is 28.5. The summed E-state index contributed by atoms with van der Waals surface area (Å²) in [6.07, 6.45) is 2.14. The molecule has 0 aliphatic heterocycles. The molecule has 3 aliphatic rings. The molecule has 1 amide bonds. The van der Waals surface area contributed by atoms with E-state index < -0.39 is 58.4 Å². The number of nitrogens with two attached hydrogens (primary N) is 1. The molecule has 39 heavy (non-hydrogen) atoms. The van der Waals surface area contributed by atoms with E-state index in [1.165, 1.54) is 6.07 Å². The first-order valence-corrected chi connectivity index (χ1v) is 12.6. The summed E-state index contributed by atoms with van der Waals surface area (Å²) >= 11 is 0. The Morgan fingerprint density at radius 2 is 1.74 bits per heavy atom. The molecule has 1 aromatic heterocycles. The lowest BCUT2D eigenvalue weighted by Crippen LogP contribution is -2.60. The number of benzene rings is 1. The molecule has 0 saturated heterocycles. The van der Waals surface area contributed by atoms with Crippen molar-refractivity contribution < 1.29 is 35.1 Å². The minimum atomic E-state index is -3.01. The molecule has 1 heterocycles. The van der Waals surface area contributed by atoms with Crippen LogP contribution in [0.15, 0.2) is 53.1 Å². The van der Waals surface area contributed by atoms with Crippen LogP contribution < -0.4 is 10.6 Å². The first-order chi connectivity index (χ1) is 18.3. The molecule has 0 fully saturated rings. The summed E-state index contributed by atoms with van der Waals surface area (Å²) in [5, 5.41) is 55.3. The number of aromatic hydroxyl groups is 1. The van der Waals surface area contributed by atoms with Crippen LogP contribution in [0.3, 0.4) is 0 Å². The average molecular weight is 537 g/mol. The van der Waals surface area contributed by atoms with Crippen LogP contribution in [0.25, 0.3) is 11.1 Å². The lowest BCUT2D eigenvalue weighted by atomic mass is 9.59. The molecule has 3 unspecified atom stereocenters. The Bertz CT molecular complexity index is 1440. The molecule has 2 aromatic rings. The van der Waals surface area contributed by atoms with E-state index in [2.05, 4.69) is 4.98 Å². The van der Waals surface area contributed by atoms with Crippen molar-refractivity contribution in [2.24, 2.45) is 23.5 Å². The Kier molecular flexibility index (Phi) is 6.21. The van der Waals surface area contributed by atoms with E-state index in [0.29, 0.717) is 11.1 Å². The van der Waals surface area contributed by atoms with Crippen LogP contribution in [0.5, 0.6) is 5.75 Å². The number of phenols is 1. The molecule has 11 heteroatoms. The van der Waals surface area contributed by atoms with Crippen molar-refractivity contribution in [1.29, 1.82) is 0 Å². The van der Waals surface area contributed by atoms with Crippen molar-refractivity contribution in [2.75, 3.05) is 33.1 Å². The van der Waals surface area contributed by atoms with Gasteiger partial charge in [-0.1, -0.05) is 6.07 Å². The molecule has 0 radical (unpaired) electrons. The molecule has 11 nitrogen and oxygen atoms in total. The van der Waals surface area contributed by atoms with Crippen LogP contribution in [0.2, 0.25) is 0 Å². The van der Waals surface area contributed by atoms with Crippen molar-refractivity contribution in [2.45, 2.75) is 24.7 Å². The fourth-order valence-corrected chi connectivity index (χ4v) is 6.64. The van der Waals surface area contributed by atoms with Gasteiger partial charge in [0.15, 0.2) is 5.78 Å². The van der Waals surface area contributed by atoms with Crippen molar-refractivity contribution in [3.05, 3.63) is 64.3 Å². The Labute approximate surface area is 225 Å². The number of amides is 1. The number of aliphatic hydroxyl groups is 4. The summed E-state index contributed by atoms with van der Waals surface area (Å²) in [7, 11) is 7.05. The van der Waals surface area contributed by atoms with Gasteiger partial charge < -0.3 is 36.2 Å². The van der Waals surface area contributed by atoms with Crippen LogP contribution in [-0.2, 0) is 11.2 Å². The number of hydrogen-bond donors (Lipinski definition) is 6. The molecule has 5 rings (SSSR count). The number of phenolic OH excluding ortho intramolecular Hbond substituents is 1. The SMILES string of the molecule is CN(C)c1ccc(-c2ccc(O)c3c2CC2CC4C(C(O)=C2C3=O)C(O)(O)C(C(N)=O)=C(O)[C@H]4N(C)C)cn1. The van der Waals surface area contributed by atoms with Crippen LogP contribution in [0, 0.1) is 17.8 Å². The topological polar surface area (TPSA) is 181 Å². The third kappa shape index (κ3) is 3.88. The first-order valence-electron chi connectivity index (χ1n) is 12.6. The number of likely N-dealkylation sites (N-methyl/N-ethyl adjacent to an activating group) is 1. The molecular formula is C28H32N4O7. The number of anilines is 1. The first kappa shape index (κ1) is 26.7. The highest BCUT2D eigenvalue weighted by molar-refractivity contribution is 6.14. The highest BCUT2D eigenvalue weighted by Gasteiger charge is 2.60. The highest BCUT2D eigenvalue weighted by Crippen LogP contribution is 2.54. The molecule has 7 N–H and O–H groups in total. The van der Waals surface area contributed by atoms with Gasteiger partial charge in [0.2, 0.25) is 5.79 Å². The number of aliphatic hydroxyl groups excluding tert-OH is 2. The normalized spacial score (nSPS) is 25.8. The van der Waals surface area contributed by atoms with Crippen LogP contribution in [0.4, 0.5) is 5.82 Å².